The van der Waals surface area contributed by atoms with E-state index in [0.717, 1.165) is 26.2 Å². The maximum atomic E-state index is 12.8. The summed E-state index contributed by atoms with van der Waals surface area (Å²) < 4.78 is 10.7. The van der Waals surface area contributed by atoms with Gasteiger partial charge in [0, 0.05) is 32.7 Å². The molecule has 1 aliphatic rings. The van der Waals surface area contributed by atoms with Crippen molar-refractivity contribution >= 4 is 17.2 Å². The van der Waals surface area contributed by atoms with E-state index in [0.29, 0.717) is 23.6 Å². The van der Waals surface area contributed by atoms with Gasteiger partial charge in [-0.1, -0.05) is 6.07 Å². The van der Waals surface area contributed by atoms with Gasteiger partial charge in [0.15, 0.2) is 11.5 Å². The molecule has 27 heavy (non-hydrogen) atoms. The van der Waals surface area contributed by atoms with E-state index in [1.54, 1.807) is 43.8 Å². The maximum Gasteiger partial charge on any atom is 0.255 e. The van der Waals surface area contributed by atoms with Crippen LogP contribution in [0, 0.1) is 0 Å². The number of hydrogen-bond acceptors (Lipinski definition) is 6. The lowest BCUT2D eigenvalue weighted by molar-refractivity contribution is 0.0883. The number of amides is 1. The van der Waals surface area contributed by atoms with Crippen molar-refractivity contribution in [3.63, 3.8) is 0 Å². The molecule has 7 heteroatoms. The molecule has 0 aliphatic carbocycles. The summed E-state index contributed by atoms with van der Waals surface area (Å²) in [6.07, 6.45) is 0. The highest BCUT2D eigenvalue weighted by Crippen LogP contribution is 2.31. The summed E-state index contributed by atoms with van der Waals surface area (Å²) in [5, 5.41) is 7.35. The third-order valence-electron chi connectivity index (χ3n) is 5.01. The lowest BCUT2D eigenvalue weighted by Crippen LogP contribution is -2.48. The summed E-state index contributed by atoms with van der Waals surface area (Å²) >= 11 is 1.69. The molecule has 146 valence electrons. The number of piperazine rings is 1. The van der Waals surface area contributed by atoms with Gasteiger partial charge in [-0.15, -0.1) is 0 Å². The highest BCUT2D eigenvalue weighted by molar-refractivity contribution is 7.07. The van der Waals surface area contributed by atoms with E-state index in [1.807, 2.05) is 0 Å². The summed E-state index contributed by atoms with van der Waals surface area (Å²) in [6.45, 7) is 4.63. The van der Waals surface area contributed by atoms with Crippen LogP contribution in [0.3, 0.4) is 0 Å². The first kappa shape index (κ1) is 19.7. The summed E-state index contributed by atoms with van der Waals surface area (Å²) in [5.74, 6) is 0.864. The second kappa shape index (κ2) is 9.21. The number of carbonyl (C=O) groups is 1. The SMILES string of the molecule is COc1cccc(C(=O)NCC(c2ccsc2)N2CCN(C)CC2)c1OC. The van der Waals surface area contributed by atoms with E-state index in [-0.39, 0.29) is 11.9 Å². The zero-order valence-electron chi connectivity index (χ0n) is 16.1. The number of ether oxygens (including phenoxy) is 2. The van der Waals surface area contributed by atoms with Crippen LogP contribution in [0.15, 0.2) is 35.0 Å². The molecular formula is C20H27N3O3S. The zero-order valence-corrected chi connectivity index (χ0v) is 16.9. The van der Waals surface area contributed by atoms with Crippen LogP contribution < -0.4 is 14.8 Å². The average molecular weight is 390 g/mol. The Balaban J connectivity index is 1.73. The number of rotatable bonds is 7. The highest BCUT2D eigenvalue weighted by atomic mass is 32.1. The van der Waals surface area contributed by atoms with Crippen molar-refractivity contribution in [1.82, 2.24) is 15.1 Å². The fourth-order valence-corrected chi connectivity index (χ4v) is 4.11. The Bertz CT molecular complexity index is 743. The number of carbonyl (C=O) groups excluding carboxylic acids is 1. The third-order valence-corrected chi connectivity index (χ3v) is 5.71. The van der Waals surface area contributed by atoms with Gasteiger partial charge < -0.3 is 19.7 Å². The van der Waals surface area contributed by atoms with Gasteiger partial charge in [0.05, 0.1) is 25.8 Å². The molecule has 1 unspecified atom stereocenters. The number of nitrogens with zero attached hydrogens (tertiary/aromatic N) is 2. The predicted molar refractivity (Wildman–Crippen MR) is 108 cm³/mol. The van der Waals surface area contributed by atoms with E-state index in [1.165, 1.54) is 5.56 Å². The molecule has 0 spiro atoms. The standard InChI is InChI=1S/C20H27N3O3S/c1-22-8-10-23(11-9-22)17(15-7-12-27-14-15)13-21-20(24)16-5-4-6-18(25-2)19(16)26-3/h4-7,12,14,17H,8-11,13H2,1-3H3,(H,21,24). The number of methoxy groups -OCH3 is 2. The van der Waals surface area contributed by atoms with Gasteiger partial charge in [0.25, 0.3) is 5.91 Å². The molecule has 0 radical (unpaired) electrons. The Morgan fingerprint density at radius 3 is 2.59 bits per heavy atom. The van der Waals surface area contributed by atoms with Crippen molar-refractivity contribution < 1.29 is 14.3 Å². The molecule has 0 bridgehead atoms. The van der Waals surface area contributed by atoms with Crippen molar-refractivity contribution in [2.45, 2.75) is 6.04 Å². The van der Waals surface area contributed by atoms with Gasteiger partial charge in [0.1, 0.15) is 0 Å². The van der Waals surface area contributed by atoms with Gasteiger partial charge in [0.2, 0.25) is 0 Å². The molecule has 1 aromatic carbocycles. The molecule has 2 aromatic rings. The van der Waals surface area contributed by atoms with E-state index < -0.39 is 0 Å². The fraction of sp³-hybridized carbons (Fsp3) is 0.450. The minimum atomic E-state index is -0.153. The summed E-state index contributed by atoms with van der Waals surface area (Å²) in [6, 6.07) is 7.66. The minimum absolute atomic E-state index is 0.153. The molecule has 1 N–H and O–H groups in total. The molecule has 1 aromatic heterocycles. The molecule has 1 fully saturated rings. The number of nitrogens with one attached hydrogen (secondary N) is 1. The van der Waals surface area contributed by atoms with Crippen molar-refractivity contribution in [2.24, 2.45) is 0 Å². The minimum Gasteiger partial charge on any atom is -0.493 e. The molecule has 2 heterocycles. The number of benzene rings is 1. The monoisotopic (exact) mass is 389 g/mol. The van der Waals surface area contributed by atoms with Crippen LogP contribution in [0.4, 0.5) is 0 Å². The molecule has 1 amide bonds. The lowest BCUT2D eigenvalue weighted by Gasteiger charge is -2.38. The van der Waals surface area contributed by atoms with Crippen LogP contribution in [0.1, 0.15) is 22.0 Å². The number of para-hydroxylation sites is 1. The largest absolute Gasteiger partial charge is 0.493 e. The maximum absolute atomic E-state index is 12.8. The van der Waals surface area contributed by atoms with Crippen LogP contribution in [-0.4, -0.2) is 69.7 Å². The summed E-state index contributed by atoms with van der Waals surface area (Å²) in [4.78, 5) is 17.6. The van der Waals surface area contributed by atoms with Gasteiger partial charge in [-0.2, -0.15) is 11.3 Å². The molecule has 0 saturated carbocycles. The molecule has 1 atom stereocenters. The average Bonchev–Trinajstić information content (AvgIpc) is 3.23. The Kier molecular flexibility index (Phi) is 6.71. The first-order valence-electron chi connectivity index (χ1n) is 9.08. The van der Waals surface area contributed by atoms with Gasteiger partial charge in [-0.05, 0) is 41.6 Å². The molecular weight excluding hydrogens is 362 g/mol. The van der Waals surface area contributed by atoms with Crippen molar-refractivity contribution in [3.8, 4) is 11.5 Å². The smallest absolute Gasteiger partial charge is 0.255 e. The van der Waals surface area contributed by atoms with Crippen molar-refractivity contribution in [3.05, 3.63) is 46.2 Å². The Morgan fingerprint density at radius 2 is 1.96 bits per heavy atom. The van der Waals surface area contributed by atoms with Gasteiger partial charge >= 0.3 is 0 Å². The van der Waals surface area contributed by atoms with E-state index in [2.05, 4.69) is 39.0 Å². The van der Waals surface area contributed by atoms with Gasteiger partial charge in [-0.3, -0.25) is 9.69 Å². The van der Waals surface area contributed by atoms with Crippen molar-refractivity contribution in [2.75, 3.05) is 54.0 Å². The number of likely N-dealkylation sites (N-methyl/N-ethyl adjacent to an activating group) is 1. The molecule has 3 rings (SSSR count). The third kappa shape index (κ3) is 4.61. The van der Waals surface area contributed by atoms with Crippen LogP contribution in [-0.2, 0) is 0 Å². The number of hydrogen-bond donors (Lipinski definition) is 1. The van der Waals surface area contributed by atoms with Crippen LogP contribution in [0.2, 0.25) is 0 Å². The Morgan fingerprint density at radius 1 is 1.19 bits per heavy atom. The van der Waals surface area contributed by atoms with E-state index in [4.69, 9.17) is 9.47 Å². The normalized spacial score (nSPS) is 16.7. The Hall–Kier alpha value is -2.09. The highest BCUT2D eigenvalue weighted by Gasteiger charge is 2.25. The quantitative estimate of drug-likeness (QED) is 0.789. The molecule has 1 saturated heterocycles. The van der Waals surface area contributed by atoms with E-state index in [9.17, 15) is 4.79 Å². The Labute approximate surface area is 164 Å². The van der Waals surface area contributed by atoms with E-state index >= 15 is 0 Å². The topological polar surface area (TPSA) is 54.0 Å². The van der Waals surface area contributed by atoms with Crippen molar-refractivity contribution in [1.29, 1.82) is 0 Å². The predicted octanol–water partition coefficient (Wildman–Crippen LogP) is 2.48. The summed E-state index contributed by atoms with van der Waals surface area (Å²) in [5.41, 5.74) is 1.74. The first-order chi connectivity index (χ1) is 13.1. The zero-order chi connectivity index (χ0) is 19.2. The number of thiophene rings is 1. The fourth-order valence-electron chi connectivity index (χ4n) is 3.41. The van der Waals surface area contributed by atoms with Gasteiger partial charge in [-0.25, -0.2) is 0 Å². The second-order valence-corrected chi connectivity index (χ2v) is 7.44. The molecule has 6 nitrogen and oxygen atoms in total. The van der Waals surface area contributed by atoms with Crippen LogP contribution in [0.5, 0.6) is 11.5 Å². The second-order valence-electron chi connectivity index (χ2n) is 6.66. The van der Waals surface area contributed by atoms with Crippen LogP contribution in [0.25, 0.3) is 0 Å². The lowest BCUT2D eigenvalue weighted by atomic mass is 10.1. The first-order valence-corrected chi connectivity index (χ1v) is 10.0. The molecule has 1 aliphatic heterocycles. The summed E-state index contributed by atoms with van der Waals surface area (Å²) in [7, 11) is 5.26. The van der Waals surface area contributed by atoms with Crippen LogP contribution >= 0.6 is 11.3 Å².